The first-order valence-electron chi connectivity index (χ1n) is 47.1. The van der Waals surface area contributed by atoms with E-state index in [4.69, 9.17) is 30.9 Å². The number of hydrogen-bond donors (Lipinski definition) is 6. The lowest BCUT2D eigenvalue weighted by atomic mass is 9.46. The Balaban J connectivity index is 0.000000153. The van der Waals surface area contributed by atoms with Crippen molar-refractivity contribution in [2.75, 3.05) is 52.4 Å². The minimum Gasteiger partial charge on any atom is -0.481 e. The minimum atomic E-state index is -1.56. The van der Waals surface area contributed by atoms with E-state index < -0.39 is 35.5 Å². The van der Waals surface area contributed by atoms with Crippen LogP contribution in [0, 0.1) is 28.6 Å². The van der Waals surface area contributed by atoms with Crippen molar-refractivity contribution in [3.63, 3.8) is 0 Å². The Morgan fingerprint density at radius 2 is 1.23 bits per heavy atom. The summed E-state index contributed by atoms with van der Waals surface area (Å²) >= 11 is 10.5. The highest BCUT2D eigenvalue weighted by molar-refractivity contribution is 7.78. The summed E-state index contributed by atoms with van der Waals surface area (Å²) in [5.74, 6) is -0.517. The number of aromatic nitrogens is 5. The van der Waals surface area contributed by atoms with E-state index >= 15 is 0 Å². The third kappa shape index (κ3) is 26.7. The number of H-pyrrole nitrogens is 2. The molecule has 2 aliphatic heterocycles. The van der Waals surface area contributed by atoms with Gasteiger partial charge in [0.05, 0.1) is 57.6 Å². The van der Waals surface area contributed by atoms with Gasteiger partial charge in [-0.2, -0.15) is 0 Å². The van der Waals surface area contributed by atoms with Gasteiger partial charge in [0.25, 0.3) is 0 Å². The van der Waals surface area contributed by atoms with Crippen molar-refractivity contribution in [2.45, 2.75) is 200 Å². The molecule has 0 bridgehead atoms. The molecular formula is C110H127ClN8O15S. The highest BCUT2D eigenvalue weighted by Crippen LogP contribution is 2.67. The number of aliphatic imine (C=N–C) groups is 1. The van der Waals surface area contributed by atoms with Gasteiger partial charge in [-0.15, -0.1) is 0 Å². The molecule has 8 aromatic carbocycles. The fourth-order valence-corrected chi connectivity index (χ4v) is 20.6. The van der Waals surface area contributed by atoms with E-state index in [2.05, 4.69) is 160 Å². The second kappa shape index (κ2) is 48.1. The Bertz CT molecular complexity index is 5920. The number of hydrogen-bond acceptors (Lipinski definition) is 19. The number of isothiocyanates is 1. The summed E-state index contributed by atoms with van der Waals surface area (Å²) in [7, 11) is 0. The molecule has 710 valence electrons. The van der Waals surface area contributed by atoms with Gasteiger partial charge in [0, 0.05) is 99.0 Å². The number of ether oxygens (including phenoxy) is 3. The number of carboxylic acid groups (broad SMARTS) is 1. The number of aliphatic hydroxyl groups is 3. The zero-order valence-corrected chi connectivity index (χ0v) is 80.1. The number of nitrogens with zero attached hydrogens (tertiary/aromatic N) is 6. The molecule has 0 spiro atoms. The molecule has 2 saturated heterocycles. The van der Waals surface area contributed by atoms with Gasteiger partial charge in [-0.3, -0.25) is 42.9 Å². The highest BCUT2D eigenvalue weighted by atomic mass is 35.5. The first kappa shape index (κ1) is 102. The zero-order chi connectivity index (χ0) is 96.4. The number of allylic oxidation sites excluding steroid dienone is 4. The second-order valence-corrected chi connectivity index (χ2v) is 37.9. The number of nitrogens with one attached hydrogen (secondary N) is 2. The molecule has 5 fully saturated rings. The van der Waals surface area contributed by atoms with E-state index in [1.165, 1.54) is 36.1 Å². The number of halogens is 1. The maximum Gasteiger partial charge on any atom is 0.326 e. The highest BCUT2D eigenvalue weighted by Gasteiger charge is 2.68. The molecule has 3 saturated carbocycles. The number of aliphatic hydroxyl groups excluding tert-OH is 2. The fraction of sp³-hybridized carbons (Fsp3) is 0.400. The van der Waals surface area contributed by atoms with Crippen molar-refractivity contribution < 1.29 is 63.4 Å². The Labute approximate surface area is 800 Å². The van der Waals surface area contributed by atoms with Gasteiger partial charge in [-0.1, -0.05) is 223 Å². The molecule has 6 N–H and O–H groups in total. The number of benzene rings is 8. The average molecular weight is 1870 g/mol. The van der Waals surface area contributed by atoms with Crippen LogP contribution in [0.25, 0.3) is 22.1 Å². The van der Waals surface area contributed by atoms with E-state index in [0.29, 0.717) is 48.7 Å². The number of Topliss-reactive ketones (excluding diaryl/α,β-unsaturated/α-hetero) is 2. The number of carbonyl (C=O) groups is 6. The van der Waals surface area contributed by atoms with Gasteiger partial charge >= 0.3 is 29.3 Å². The predicted octanol–water partition coefficient (Wildman–Crippen LogP) is 19.4. The number of carbonyl (C=O) groups excluding carboxylic acids is 5. The largest absolute Gasteiger partial charge is 0.481 e. The molecule has 0 unspecified atom stereocenters. The molecule has 6 aliphatic rings. The van der Waals surface area contributed by atoms with Crippen LogP contribution in [0.5, 0.6) is 11.5 Å². The van der Waals surface area contributed by atoms with Gasteiger partial charge < -0.3 is 54.4 Å². The Hall–Kier alpha value is -11.8. The monoisotopic (exact) mass is 1870 g/mol. The number of imidazole rings is 2. The molecule has 0 radical (unpaired) electrons. The molecular weight excluding hydrogens is 1740 g/mol. The van der Waals surface area contributed by atoms with Crippen LogP contribution >= 0.6 is 23.8 Å². The Kier molecular flexibility index (Phi) is 36.4. The number of rotatable bonds is 26. The first-order chi connectivity index (χ1) is 64.9. The van der Waals surface area contributed by atoms with E-state index in [0.717, 1.165) is 166 Å². The average Bonchev–Trinajstić information content (AvgIpc) is 1.59. The van der Waals surface area contributed by atoms with Crippen molar-refractivity contribution in [1.82, 2.24) is 33.9 Å². The van der Waals surface area contributed by atoms with Gasteiger partial charge in [-0.25, -0.2) is 14.6 Å². The maximum atomic E-state index is 12.7. The standard InChI is InChI=1S/C32H39NO2.C22H24ClN5O2.C22H19NO4.C21H28O5.C9H9NS.C4H8O2/c1-32(2,3)28-18-16-25(17-19-28)30(34)15-10-22-33-23-20-29(21-24-33)35-31(26-11-6-4-7-12-26)27-13-8-5-9-14-27;23-15-6-7-20-18(14-15)25-22(30)28(20)16-8-12-26(13-9-16)10-3-11-27-19-5-2-1-4-17(19)24-21(27)29;1-15(24)26-19-10-6-17(7-11-19)22(21-5-3-4-14-23-21)18-8-12-20(13-9-18)27-16(2)25;1-19-7-5-13(23)9-12(19)3-4-14-15-6-8-21(26,17(25)11-22)20(15,2)10-16(24)18(14)19;11-8-10-7-6-9-4-2-1-3-5-9;1-2-3-4(5)6/h4-9,11-14,16-19,29,31H,10,15,20-24H2,1-3H3;1-2,4-7,14,16H,3,8-13H2,(H,24,29)(H,25,30);3-14,22H,1-2H3;5,7,9,14-16,18,22,24,26H,3-4,6,8,10-11H2,1-2H3;1-5H,6-7H2;2-3H2,1H3,(H,5,6)/t;;;14-,15-,16-,18+,19-,20-,21-;;/m...0../s1. The number of ketones is 3. The van der Waals surface area contributed by atoms with Crippen LogP contribution in [0.15, 0.2) is 269 Å². The number of esters is 2. The van der Waals surface area contributed by atoms with Crippen molar-refractivity contribution >= 4 is 86.3 Å². The van der Waals surface area contributed by atoms with E-state index in [1.807, 2.05) is 138 Å². The van der Waals surface area contributed by atoms with E-state index in [1.54, 1.807) is 48.7 Å². The van der Waals surface area contributed by atoms with Gasteiger partial charge in [0.1, 0.15) is 29.8 Å². The topological polar surface area (TPSA) is 318 Å². The third-order valence-electron chi connectivity index (χ3n) is 27.2. The molecule has 3 aromatic heterocycles. The number of fused-ring (bicyclic) bond motifs is 7. The summed E-state index contributed by atoms with van der Waals surface area (Å²) in [5.41, 5.74) is 10.7. The molecule has 7 atom stereocenters. The fourth-order valence-electron chi connectivity index (χ4n) is 20.4. The maximum absolute atomic E-state index is 12.7. The quantitative estimate of drug-likeness (QED) is 0.00964. The number of piperidine rings is 2. The van der Waals surface area contributed by atoms with Gasteiger partial charge in [-0.05, 0) is 238 Å². The predicted molar refractivity (Wildman–Crippen MR) is 532 cm³/mol. The Morgan fingerprint density at radius 1 is 0.652 bits per heavy atom. The van der Waals surface area contributed by atoms with Crippen LogP contribution in [-0.2, 0) is 47.1 Å². The molecule has 4 aliphatic carbocycles. The number of pyridine rings is 1. The van der Waals surface area contributed by atoms with Gasteiger partial charge in [0.2, 0.25) is 0 Å². The molecule has 0 amide bonds. The summed E-state index contributed by atoms with van der Waals surface area (Å²) in [4.78, 5) is 112. The Morgan fingerprint density at radius 3 is 1.79 bits per heavy atom. The van der Waals surface area contributed by atoms with E-state index in [-0.39, 0.29) is 87.6 Å². The van der Waals surface area contributed by atoms with Crippen molar-refractivity contribution in [3.05, 3.63) is 325 Å². The summed E-state index contributed by atoms with van der Waals surface area (Å²) in [6.07, 6.45) is 18.0. The van der Waals surface area contributed by atoms with Crippen LogP contribution in [-0.4, -0.2) is 165 Å². The smallest absolute Gasteiger partial charge is 0.326 e. The first-order valence-corrected chi connectivity index (χ1v) is 47.9. The van der Waals surface area contributed by atoms with E-state index in [9.17, 15) is 53.7 Å². The molecule has 11 aromatic rings. The SMILES string of the molecule is CC(=O)Oc1ccc(C(c2ccc(OC(C)=O)cc2)c2ccccn2)cc1.CC(C)(C)c1ccc(C(=O)CCCN2CCC(OC(c3ccccc3)c3ccccc3)CC2)cc1.CCCC(=O)O.C[C@]12C=CC(=O)C=C1CC[C@@H]1[C@@H]2[C@@H](O)C[C@@]2(C)[C@H]1CC[C@]2(O)C(=O)CO.O=c1[nH]c2ccccc2n1CCCN1CCC(n2c(=O)[nH]c3cc(Cl)ccc32)CC1.S=C=NCCc1ccccc1. The number of thiocarbonyl (C=S) groups is 1. The number of carboxylic acids is 1. The second-order valence-electron chi connectivity index (χ2n) is 37.3. The summed E-state index contributed by atoms with van der Waals surface area (Å²) in [5, 5.41) is 42.6. The lowest BCUT2D eigenvalue weighted by Crippen LogP contribution is -2.61. The number of likely N-dealkylation sites (tertiary alicyclic amines) is 2. The van der Waals surface area contributed by atoms with Crippen LogP contribution in [0.1, 0.15) is 213 Å². The summed E-state index contributed by atoms with van der Waals surface area (Å²) in [6, 6.07) is 73.4. The molecule has 5 heterocycles. The molecule has 25 heteroatoms. The zero-order valence-electron chi connectivity index (χ0n) is 78.5. The van der Waals surface area contributed by atoms with Crippen LogP contribution in [0.4, 0.5) is 0 Å². The molecule has 17 rings (SSSR count). The summed E-state index contributed by atoms with van der Waals surface area (Å²) in [6.45, 7) is 21.8. The van der Waals surface area contributed by atoms with Gasteiger partial charge in [0.15, 0.2) is 17.3 Å². The number of aromatic amines is 2. The van der Waals surface area contributed by atoms with Crippen LogP contribution in [0.2, 0.25) is 5.02 Å². The molecule has 135 heavy (non-hydrogen) atoms. The lowest BCUT2D eigenvalue weighted by Gasteiger charge is -2.59. The third-order valence-corrected chi connectivity index (χ3v) is 27.6. The number of aryl methyl sites for hydroxylation is 1. The number of para-hydroxylation sites is 2. The van der Waals surface area contributed by atoms with Crippen LogP contribution < -0.4 is 20.9 Å². The number of aliphatic carboxylic acids is 1. The lowest BCUT2D eigenvalue weighted by molar-refractivity contribution is -0.178. The summed E-state index contributed by atoms with van der Waals surface area (Å²) < 4.78 is 20.6. The minimum absolute atomic E-state index is 0.00912. The van der Waals surface area contributed by atoms with Crippen molar-refractivity contribution in [2.24, 2.45) is 33.6 Å². The van der Waals surface area contributed by atoms with Crippen LogP contribution in [0.3, 0.4) is 0 Å². The normalized spacial score (nSPS) is 20.3. The van der Waals surface area contributed by atoms with Crippen molar-refractivity contribution in [1.29, 1.82) is 0 Å². The molecule has 23 nitrogen and oxygen atoms in total. The van der Waals surface area contributed by atoms with Crippen molar-refractivity contribution in [3.8, 4) is 11.5 Å².